The molecule has 2 rings (SSSR count). The zero-order valence-corrected chi connectivity index (χ0v) is 13.5. The maximum absolute atomic E-state index is 12.0. The van der Waals surface area contributed by atoms with Crippen LogP contribution in [0, 0.1) is 0 Å². The first-order valence-electron chi connectivity index (χ1n) is 6.99. The van der Waals surface area contributed by atoms with Gasteiger partial charge < -0.3 is 10.6 Å². The fourth-order valence-corrected chi connectivity index (χ4v) is 1.82. The van der Waals surface area contributed by atoms with Crippen LogP contribution in [0.15, 0.2) is 30.3 Å². The van der Waals surface area contributed by atoms with Crippen LogP contribution in [-0.4, -0.2) is 46.3 Å². The van der Waals surface area contributed by atoms with E-state index in [1.807, 2.05) is 37.4 Å². The molecule has 2 N–H and O–H groups in total. The minimum atomic E-state index is -0.482. The van der Waals surface area contributed by atoms with Crippen molar-refractivity contribution in [2.45, 2.75) is 19.4 Å². The average Bonchev–Trinajstić information content (AvgIpc) is 3.01. The highest BCUT2D eigenvalue weighted by atomic mass is 35.5. The van der Waals surface area contributed by atoms with Crippen LogP contribution in [0.1, 0.15) is 19.4 Å². The molecule has 7 nitrogen and oxygen atoms in total. The summed E-state index contributed by atoms with van der Waals surface area (Å²) in [5, 5.41) is 18.1. The number of carbonyl (C=O) groups is 1. The normalized spacial score (nSPS) is 11.5. The summed E-state index contributed by atoms with van der Waals surface area (Å²) >= 11 is 0. The van der Waals surface area contributed by atoms with Crippen LogP contribution in [0.4, 0.5) is 0 Å². The highest BCUT2D eigenvalue weighted by Gasteiger charge is 2.18. The van der Waals surface area contributed by atoms with E-state index in [4.69, 9.17) is 0 Å². The van der Waals surface area contributed by atoms with E-state index in [-0.39, 0.29) is 18.3 Å². The Morgan fingerprint density at radius 2 is 2.00 bits per heavy atom. The lowest BCUT2D eigenvalue weighted by molar-refractivity contribution is -0.124. The zero-order chi connectivity index (χ0) is 15.1. The van der Waals surface area contributed by atoms with E-state index in [0.29, 0.717) is 12.4 Å². The molecule has 1 atom stereocenters. The second kappa shape index (κ2) is 9.11. The molecule has 22 heavy (non-hydrogen) atoms. The van der Waals surface area contributed by atoms with Gasteiger partial charge in [-0.15, -0.1) is 22.6 Å². The summed E-state index contributed by atoms with van der Waals surface area (Å²) in [7, 11) is 1.88. The number of hydrogen-bond acceptors (Lipinski definition) is 5. The number of hydrogen-bond donors (Lipinski definition) is 2. The van der Waals surface area contributed by atoms with Gasteiger partial charge in [-0.3, -0.25) is 4.79 Å². The highest BCUT2D eigenvalue weighted by molar-refractivity contribution is 5.85. The number of benzene rings is 1. The Bertz CT molecular complexity index is 574. The molecule has 2 aromatic rings. The number of tetrazole rings is 1. The van der Waals surface area contributed by atoms with Gasteiger partial charge in [-0.2, -0.15) is 4.80 Å². The first-order chi connectivity index (χ1) is 10.2. The van der Waals surface area contributed by atoms with Crippen LogP contribution in [0.25, 0.3) is 11.4 Å². The lowest BCUT2D eigenvalue weighted by Gasteiger charge is -2.10. The second-order valence-corrected chi connectivity index (χ2v) is 4.72. The Morgan fingerprint density at radius 3 is 2.68 bits per heavy atom. The third kappa shape index (κ3) is 4.78. The van der Waals surface area contributed by atoms with E-state index in [2.05, 4.69) is 26.0 Å². The predicted molar refractivity (Wildman–Crippen MR) is 86.8 cm³/mol. The third-order valence-corrected chi connectivity index (χ3v) is 3.09. The molecule has 1 amide bonds. The molecule has 120 valence electrons. The summed E-state index contributed by atoms with van der Waals surface area (Å²) in [4.78, 5) is 13.3. The Morgan fingerprint density at radius 1 is 1.27 bits per heavy atom. The number of rotatable bonds is 7. The molecule has 0 saturated carbocycles. The molecule has 1 heterocycles. The van der Waals surface area contributed by atoms with Gasteiger partial charge in [-0.1, -0.05) is 30.3 Å². The fourth-order valence-electron chi connectivity index (χ4n) is 1.82. The largest absolute Gasteiger partial charge is 0.354 e. The first kappa shape index (κ1) is 18.1. The van der Waals surface area contributed by atoms with E-state index in [9.17, 15) is 4.79 Å². The second-order valence-electron chi connectivity index (χ2n) is 4.72. The van der Waals surface area contributed by atoms with Crippen LogP contribution >= 0.6 is 12.4 Å². The van der Waals surface area contributed by atoms with Gasteiger partial charge in [0.1, 0.15) is 6.04 Å². The molecule has 8 heteroatoms. The molecule has 1 aromatic heterocycles. The van der Waals surface area contributed by atoms with Gasteiger partial charge in [-0.05, 0) is 32.2 Å². The van der Waals surface area contributed by atoms with Crippen LogP contribution < -0.4 is 10.6 Å². The van der Waals surface area contributed by atoms with Crippen molar-refractivity contribution in [1.82, 2.24) is 30.8 Å². The van der Waals surface area contributed by atoms with E-state index in [1.54, 1.807) is 6.92 Å². The van der Waals surface area contributed by atoms with Crippen molar-refractivity contribution < 1.29 is 4.79 Å². The molecule has 1 aromatic carbocycles. The van der Waals surface area contributed by atoms with Crippen LogP contribution in [0.3, 0.4) is 0 Å². The Labute approximate surface area is 135 Å². The van der Waals surface area contributed by atoms with Crippen molar-refractivity contribution in [3.8, 4) is 11.4 Å². The van der Waals surface area contributed by atoms with Gasteiger partial charge in [0.15, 0.2) is 0 Å². The quantitative estimate of drug-likeness (QED) is 0.744. The molecule has 0 aliphatic rings. The summed E-state index contributed by atoms with van der Waals surface area (Å²) in [6.07, 6.45) is 0.884. The summed E-state index contributed by atoms with van der Waals surface area (Å²) < 4.78 is 0. The van der Waals surface area contributed by atoms with Gasteiger partial charge in [0, 0.05) is 12.1 Å². The van der Waals surface area contributed by atoms with E-state index in [1.165, 1.54) is 4.80 Å². The number of carbonyl (C=O) groups excluding carboxylic acids is 1. The minimum absolute atomic E-state index is 0. The van der Waals surface area contributed by atoms with Crippen molar-refractivity contribution in [2.75, 3.05) is 20.1 Å². The molecule has 0 bridgehead atoms. The van der Waals surface area contributed by atoms with Crippen LogP contribution in [-0.2, 0) is 4.79 Å². The van der Waals surface area contributed by atoms with Crippen molar-refractivity contribution in [3.63, 3.8) is 0 Å². The van der Waals surface area contributed by atoms with Crippen molar-refractivity contribution in [2.24, 2.45) is 0 Å². The first-order valence-corrected chi connectivity index (χ1v) is 6.99. The van der Waals surface area contributed by atoms with E-state index < -0.39 is 6.04 Å². The molecule has 0 radical (unpaired) electrons. The van der Waals surface area contributed by atoms with Crippen molar-refractivity contribution in [3.05, 3.63) is 30.3 Å². The fraction of sp³-hybridized carbons (Fsp3) is 0.429. The molecule has 0 spiro atoms. The number of nitrogens with one attached hydrogen (secondary N) is 2. The number of nitrogens with zero attached hydrogens (tertiary/aromatic N) is 4. The van der Waals surface area contributed by atoms with Gasteiger partial charge in [0.2, 0.25) is 11.7 Å². The number of aromatic nitrogens is 4. The molecular weight excluding hydrogens is 304 g/mol. The monoisotopic (exact) mass is 324 g/mol. The minimum Gasteiger partial charge on any atom is -0.354 e. The number of amides is 1. The summed E-state index contributed by atoms with van der Waals surface area (Å²) in [6, 6.07) is 9.08. The van der Waals surface area contributed by atoms with Crippen molar-refractivity contribution in [1.29, 1.82) is 0 Å². The molecular formula is C14H21ClN6O. The average molecular weight is 325 g/mol. The van der Waals surface area contributed by atoms with Gasteiger partial charge >= 0.3 is 0 Å². The SMILES string of the molecule is CNCCCNC(=O)C(C)n1nnc(-c2ccccc2)n1.Cl. The van der Waals surface area contributed by atoms with Crippen LogP contribution in [0.5, 0.6) is 0 Å². The van der Waals surface area contributed by atoms with E-state index >= 15 is 0 Å². The van der Waals surface area contributed by atoms with Gasteiger partial charge in [0.05, 0.1) is 0 Å². The zero-order valence-electron chi connectivity index (χ0n) is 12.7. The maximum atomic E-state index is 12.0. The van der Waals surface area contributed by atoms with Crippen LogP contribution in [0.2, 0.25) is 0 Å². The molecule has 0 aliphatic carbocycles. The Kier molecular flexibility index (Phi) is 7.48. The summed E-state index contributed by atoms with van der Waals surface area (Å²) in [6.45, 7) is 3.25. The molecule has 0 aliphatic heterocycles. The highest BCUT2D eigenvalue weighted by Crippen LogP contribution is 2.13. The molecule has 0 saturated heterocycles. The summed E-state index contributed by atoms with van der Waals surface area (Å²) in [5.41, 5.74) is 0.880. The Hall–Kier alpha value is -1.99. The van der Waals surface area contributed by atoms with Gasteiger partial charge in [-0.25, -0.2) is 0 Å². The molecule has 0 fully saturated rings. The number of halogens is 1. The smallest absolute Gasteiger partial charge is 0.246 e. The van der Waals surface area contributed by atoms with E-state index in [0.717, 1.165) is 18.5 Å². The summed E-state index contributed by atoms with van der Waals surface area (Å²) in [5.74, 6) is 0.411. The predicted octanol–water partition coefficient (Wildman–Crippen LogP) is 1.05. The van der Waals surface area contributed by atoms with Crippen molar-refractivity contribution >= 4 is 18.3 Å². The molecule has 1 unspecified atom stereocenters. The maximum Gasteiger partial charge on any atom is 0.246 e. The van der Waals surface area contributed by atoms with Gasteiger partial charge in [0.25, 0.3) is 0 Å². The lowest BCUT2D eigenvalue weighted by Crippen LogP contribution is -2.33. The Balaban J connectivity index is 0.00000242. The topological polar surface area (TPSA) is 84.7 Å². The third-order valence-electron chi connectivity index (χ3n) is 3.09. The standard InChI is InChI=1S/C14H20N6O.ClH/c1-11(14(21)16-10-6-9-15-2)20-18-13(17-19-20)12-7-4-3-5-8-12;/h3-5,7-8,11,15H,6,9-10H2,1-2H3,(H,16,21);1H. The lowest BCUT2D eigenvalue weighted by atomic mass is 10.2.